The van der Waals surface area contributed by atoms with Crippen molar-refractivity contribution in [2.24, 2.45) is 0 Å². The van der Waals surface area contributed by atoms with Crippen LogP contribution in [0.5, 0.6) is 0 Å². The Hall–Kier alpha value is -2.27. The molecule has 0 spiro atoms. The van der Waals surface area contributed by atoms with Crippen LogP contribution in [0.2, 0.25) is 0 Å². The molecule has 0 aromatic heterocycles. The third-order valence-corrected chi connectivity index (χ3v) is 4.07. The first-order valence-corrected chi connectivity index (χ1v) is 7.04. The average Bonchev–Trinajstić information content (AvgIpc) is 2.95. The summed E-state index contributed by atoms with van der Waals surface area (Å²) < 4.78 is 26.3. The molecule has 2 N–H and O–H groups in total. The lowest BCUT2D eigenvalue weighted by Gasteiger charge is -2.35. The summed E-state index contributed by atoms with van der Waals surface area (Å²) in [7, 11) is 0. The van der Waals surface area contributed by atoms with Gasteiger partial charge in [-0.25, -0.2) is 8.78 Å². The van der Waals surface area contributed by atoms with E-state index < -0.39 is 23.3 Å². The summed E-state index contributed by atoms with van der Waals surface area (Å²) in [6.07, 6.45) is 0.763. The average molecular weight is 303 g/mol. The first-order chi connectivity index (χ1) is 10.5. The molecule has 0 bridgehead atoms. The van der Waals surface area contributed by atoms with Crippen molar-refractivity contribution in [3.05, 3.63) is 71.3 Å². The van der Waals surface area contributed by atoms with E-state index in [1.165, 1.54) is 48.5 Å². The van der Waals surface area contributed by atoms with E-state index >= 15 is 0 Å². The number of aliphatic hydroxyl groups is 1. The van der Waals surface area contributed by atoms with E-state index in [-0.39, 0.29) is 5.91 Å². The summed E-state index contributed by atoms with van der Waals surface area (Å²) in [4.78, 5) is 11.5. The summed E-state index contributed by atoms with van der Waals surface area (Å²) in [6, 6.07) is 10.4. The molecule has 1 fully saturated rings. The second-order valence-electron chi connectivity index (χ2n) is 5.44. The first kappa shape index (κ1) is 14.7. The van der Waals surface area contributed by atoms with Gasteiger partial charge in [-0.1, -0.05) is 24.3 Å². The molecule has 5 heteroatoms. The zero-order valence-electron chi connectivity index (χ0n) is 11.7. The maximum atomic E-state index is 13.2. The molecule has 3 nitrogen and oxygen atoms in total. The van der Waals surface area contributed by atoms with E-state index in [4.69, 9.17) is 0 Å². The normalized spacial score (nSPS) is 18.3. The van der Waals surface area contributed by atoms with Crippen LogP contribution in [-0.4, -0.2) is 17.1 Å². The Bertz CT molecular complexity index is 637. The minimum absolute atomic E-state index is 0.146. The van der Waals surface area contributed by atoms with Crippen LogP contribution in [0, 0.1) is 11.6 Å². The van der Waals surface area contributed by atoms with Crippen molar-refractivity contribution < 1.29 is 18.7 Å². The van der Waals surface area contributed by atoms with Gasteiger partial charge in [-0.2, -0.15) is 0 Å². The van der Waals surface area contributed by atoms with Crippen LogP contribution in [0.1, 0.15) is 24.0 Å². The van der Waals surface area contributed by atoms with Crippen molar-refractivity contribution in [2.45, 2.75) is 24.5 Å². The van der Waals surface area contributed by atoms with Gasteiger partial charge >= 0.3 is 0 Å². The molecule has 1 saturated heterocycles. The molecule has 2 aromatic rings. The minimum atomic E-state index is -1.53. The number of benzene rings is 2. The lowest BCUT2D eigenvalue weighted by atomic mass is 9.79. The predicted octanol–water partition coefficient (Wildman–Crippen LogP) is 2.48. The summed E-state index contributed by atoms with van der Waals surface area (Å²) in [5.41, 5.74) is -0.631. The highest BCUT2D eigenvalue weighted by Gasteiger charge is 2.43. The largest absolute Gasteiger partial charge is 0.378 e. The minimum Gasteiger partial charge on any atom is -0.378 e. The standard InChI is InChI=1S/C17H15F2NO2/c18-13-5-1-11(2-6-13)17(22,15-9-10-16(21)20-15)12-3-7-14(19)8-4-12/h1-8,15,22H,9-10H2,(H,20,21)/t15-/m0/s1. The van der Waals surface area contributed by atoms with E-state index in [2.05, 4.69) is 5.32 Å². The fourth-order valence-electron chi connectivity index (χ4n) is 2.90. The molecule has 1 aliphatic heterocycles. The van der Waals surface area contributed by atoms with Crippen LogP contribution in [-0.2, 0) is 10.4 Å². The van der Waals surface area contributed by atoms with E-state index in [1.54, 1.807) is 0 Å². The van der Waals surface area contributed by atoms with Crippen LogP contribution < -0.4 is 5.32 Å². The zero-order chi connectivity index (χ0) is 15.7. The molecule has 1 aliphatic rings. The van der Waals surface area contributed by atoms with Gasteiger partial charge in [0.25, 0.3) is 0 Å². The Kier molecular flexibility index (Phi) is 3.66. The molecule has 2 aromatic carbocycles. The number of carbonyl (C=O) groups excluding carboxylic acids is 1. The van der Waals surface area contributed by atoms with Crippen LogP contribution in [0.25, 0.3) is 0 Å². The summed E-state index contributed by atoms with van der Waals surface area (Å²) >= 11 is 0. The number of hydrogen-bond acceptors (Lipinski definition) is 2. The smallest absolute Gasteiger partial charge is 0.220 e. The summed E-state index contributed by atoms with van der Waals surface area (Å²) in [6.45, 7) is 0. The monoisotopic (exact) mass is 303 g/mol. The summed E-state index contributed by atoms with van der Waals surface area (Å²) in [5, 5.41) is 14.0. The Labute approximate surface area is 126 Å². The van der Waals surface area contributed by atoms with E-state index in [1.807, 2.05) is 0 Å². The maximum absolute atomic E-state index is 13.2. The fraction of sp³-hybridized carbons (Fsp3) is 0.235. The molecular formula is C17H15F2NO2. The van der Waals surface area contributed by atoms with Gasteiger partial charge in [0.15, 0.2) is 0 Å². The lowest BCUT2D eigenvalue weighted by molar-refractivity contribution is -0.120. The number of hydrogen-bond donors (Lipinski definition) is 2. The molecule has 3 rings (SSSR count). The fourth-order valence-corrected chi connectivity index (χ4v) is 2.90. The van der Waals surface area contributed by atoms with E-state index in [9.17, 15) is 18.7 Å². The lowest BCUT2D eigenvalue weighted by Crippen LogP contribution is -2.47. The van der Waals surface area contributed by atoms with E-state index in [0.717, 1.165) is 0 Å². The van der Waals surface area contributed by atoms with Crippen molar-refractivity contribution in [1.29, 1.82) is 0 Å². The molecule has 22 heavy (non-hydrogen) atoms. The molecular weight excluding hydrogens is 288 g/mol. The number of nitrogens with one attached hydrogen (secondary N) is 1. The topological polar surface area (TPSA) is 49.3 Å². The van der Waals surface area contributed by atoms with Crippen molar-refractivity contribution in [1.82, 2.24) is 5.32 Å². The van der Waals surface area contributed by atoms with Crippen molar-refractivity contribution in [3.8, 4) is 0 Å². The first-order valence-electron chi connectivity index (χ1n) is 7.04. The molecule has 0 saturated carbocycles. The van der Waals surface area contributed by atoms with Gasteiger partial charge in [0, 0.05) is 6.42 Å². The number of carbonyl (C=O) groups is 1. The van der Waals surface area contributed by atoms with E-state index in [0.29, 0.717) is 24.0 Å². The molecule has 1 amide bonds. The molecule has 0 unspecified atom stereocenters. The van der Waals surface area contributed by atoms with Gasteiger partial charge in [0.1, 0.15) is 17.2 Å². The van der Waals surface area contributed by atoms with Crippen molar-refractivity contribution in [2.75, 3.05) is 0 Å². The Balaban J connectivity index is 2.10. The molecule has 0 aliphatic carbocycles. The maximum Gasteiger partial charge on any atom is 0.220 e. The number of rotatable bonds is 3. The SMILES string of the molecule is O=C1CC[C@@H](C(O)(c2ccc(F)cc2)c2ccc(F)cc2)N1. The highest BCUT2D eigenvalue weighted by molar-refractivity contribution is 5.79. The van der Waals surface area contributed by atoms with Gasteiger partial charge in [-0.05, 0) is 41.8 Å². The third kappa shape index (κ3) is 2.48. The third-order valence-electron chi connectivity index (χ3n) is 4.07. The Morgan fingerprint density at radius 2 is 1.41 bits per heavy atom. The molecule has 114 valence electrons. The Morgan fingerprint density at radius 3 is 1.77 bits per heavy atom. The van der Waals surface area contributed by atoms with Crippen LogP contribution in [0.4, 0.5) is 8.78 Å². The number of halogens is 2. The summed E-state index contributed by atoms with van der Waals surface area (Å²) in [5.74, 6) is -0.978. The Morgan fingerprint density at radius 1 is 0.955 bits per heavy atom. The molecule has 1 atom stereocenters. The van der Waals surface area contributed by atoms with Crippen molar-refractivity contribution >= 4 is 5.91 Å². The second-order valence-corrected chi connectivity index (χ2v) is 5.44. The van der Waals surface area contributed by atoms with Gasteiger partial charge < -0.3 is 10.4 Å². The predicted molar refractivity (Wildman–Crippen MR) is 77.0 cm³/mol. The van der Waals surface area contributed by atoms with Gasteiger partial charge in [0.2, 0.25) is 5.91 Å². The highest BCUT2D eigenvalue weighted by Crippen LogP contribution is 2.36. The molecule has 0 radical (unpaired) electrons. The van der Waals surface area contributed by atoms with Gasteiger partial charge in [-0.3, -0.25) is 4.79 Å². The zero-order valence-corrected chi connectivity index (χ0v) is 11.7. The number of amides is 1. The molecule has 1 heterocycles. The van der Waals surface area contributed by atoms with Crippen LogP contribution in [0.3, 0.4) is 0 Å². The van der Waals surface area contributed by atoms with Gasteiger partial charge in [-0.15, -0.1) is 0 Å². The van der Waals surface area contributed by atoms with Crippen molar-refractivity contribution in [3.63, 3.8) is 0 Å². The second kappa shape index (κ2) is 5.50. The van der Waals surface area contributed by atoms with Gasteiger partial charge in [0.05, 0.1) is 6.04 Å². The highest BCUT2D eigenvalue weighted by atomic mass is 19.1. The van der Waals surface area contributed by atoms with Crippen LogP contribution in [0.15, 0.2) is 48.5 Å². The van der Waals surface area contributed by atoms with Crippen LogP contribution >= 0.6 is 0 Å². The quantitative estimate of drug-likeness (QED) is 0.915.